The number of nitrogens with zero attached hydrogens (tertiary/aromatic N) is 4. The van der Waals surface area contributed by atoms with E-state index in [0.29, 0.717) is 31.1 Å². The summed E-state index contributed by atoms with van der Waals surface area (Å²) in [5.74, 6) is 7.01. The maximum Gasteiger partial charge on any atom is 0.243 e. The maximum absolute atomic E-state index is 5.42. The molecular weight excluding hydrogens is 246 g/mol. The highest BCUT2D eigenvalue weighted by Crippen LogP contribution is 2.37. The Morgan fingerprint density at radius 2 is 1.84 bits per heavy atom. The average Bonchev–Trinajstić information content (AvgIpc) is 3.16. The van der Waals surface area contributed by atoms with Gasteiger partial charge in [0, 0.05) is 18.6 Å². The van der Waals surface area contributed by atoms with Gasteiger partial charge in [0.2, 0.25) is 17.8 Å². The number of ether oxygens (including phenoxy) is 1. The Bertz CT molecular complexity index is 456. The first-order valence-corrected chi connectivity index (χ1v) is 6.52. The standard InChI is InChI=1S/C11H19N7O/c1-11(2-3-11)16-8-13-9(17-12)15-10(14-8)18-4-6-19-7-5-18/h2-7,12H2,1H3,(H2,13,14,15,16,17). The molecule has 3 rings (SSSR count). The first kappa shape index (κ1) is 12.4. The molecule has 8 nitrogen and oxygen atoms in total. The zero-order valence-corrected chi connectivity index (χ0v) is 11.0. The van der Waals surface area contributed by atoms with Gasteiger partial charge in [-0.1, -0.05) is 0 Å². The number of anilines is 3. The molecule has 1 saturated carbocycles. The third-order valence-corrected chi connectivity index (χ3v) is 3.46. The number of morpholine rings is 1. The second-order valence-corrected chi connectivity index (χ2v) is 5.21. The van der Waals surface area contributed by atoms with Crippen molar-refractivity contribution < 1.29 is 4.74 Å². The van der Waals surface area contributed by atoms with Gasteiger partial charge in [0.25, 0.3) is 0 Å². The van der Waals surface area contributed by atoms with Crippen LogP contribution in [-0.2, 0) is 4.74 Å². The second-order valence-electron chi connectivity index (χ2n) is 5.21. The molecule has 0 radical (unpaired) electrons. The van der Waals surface area contributed by atoms with Gasteiger partial charge in [0.15, 0.2) is 0 Å². The Labute approximate surface area is 111 Å². The monoisotopic (exact) mass is 265 g/mol. The molecule has 1 aliphatic carbocycles. The van der Waals surface area contributed by atoms with Crippen LogP contribution < -0.4 is 21.5 Å². The minimum Gasteiger partial charge on any atom is -0.378 e. The number of nitrogens with one attached hydrogen (secondary N) is 2. The Hall–Kier alpha value is -1.67. The van der Waals surface area contributed by atoms with Crippen LogP contribution in [0.1, 0.15) is 19.8 Å². The number of hydrogen-bond donors (Lipinski definition) is 3. The fraction of sp³-hybridized carbons (Fsp3) is 0.727. The molecule has 1 aromatic rings. The van der Waals surface area contributed by atoms with Gasteiger partial charge >= 0.3 is 0 Å². The van der Waals surface area contributed by atoms with Crippen molar-refractivity contribution in [2.24, 2.45) is 5.84 Å². The predicted octanol–water partition coefficient (Wildman–Crippen LogP) is -0.0418. The average molecular weight is 265 g/mol. The summed E-state index contributed by atoms with van der Waals surface area (Å²) in [7, 11) is 0. The summed E-state index contributed by atoms with van der Waals surface area (Å²) in [6.45, 7) is 5.10. The lowest BCUT2D eigenvalue weighted by Crippen LogP contribution is -2.38. The molecule has 0 amide bonds. The quantitative estimate of drug-likeness (QED) is 0.515. The van der Waals surface area contributed by atoms with Crippen LogP contribution in [0.5, 0.6) is 0 Å². The molecule has 104 valence electrons. The molecule has 1 aliphatic heterocycles. The van der Waals surface area contributed by atoms with E-state index in [-0.39, 0.29) is 5.54 Å². The Morgan fingerprint density at radius 1 is 1.16 bits per heavy atom. The topological polar surface area (TPSA) is 101 Å². The van der Waals surface area contributed by atoms with Crippen molar-refractivity contribution in [1.82, 2.24) is 15.0 Å². The third-order valence-electron chi connectivity index (χ3n) is 3.46. The van der Waals surface area contributed by atoms with Crippen LogP contribution >= 0.6 is 0 Å². The van der Waals surface area contributed by atoms with E-state index in [0.717, 1.165) is 25.9 Å². The number of rotatable bonds is 4. The van der Waals surface area contributed by atoms with E-state index in [1.807, 2.05) is 0 Å². The number of aromatic nitrogens is 3. The Kier molecular flexibility index (Phi) is 3.11. The van der Waals surface area contributed by atoms with Gasteiger partial charge in [-0.2, -0.15) is 15.0 Å². The van der Waals surface area contributed by atoms with E-state index >= 15 is 0 Å². The van der Waals surface area contributed by atoms with Crippen LogP contribution in [0, 0.1) is 0 Å². The first-order valence-electron chi connectivity index (χ1n) is 6.52. The molecule has 2 fully saturated rings. The van der Waals surface area contributed by atoms with E-state index in [9.17, 15) is 0 Å². The van der Waals surface area contributed by atoms with E-state index < -0.39 is 0 Å². The van der Waals surface area contributed by atoms with Crippen LogP contribution in [-0.4, -0.2) is 46.8 Å². The van der Waals surface area contributed by atoms with E-state index in [4.69, 9.17) is 10.6 Å². The minimum absolute atomic E-state index is 0.121. The van der Waals surface area contributed by atoms with E-state index in [1.165, 1.54) is 0 Å². The normalized spacial score (nSPS) is 21.1. The predicted molar refractivity (Wildman–Crippen MR) is 71.9 cm³/mol. The minimum atomic E-state index is 0.121. The lowest BCUT2D eigenvalue weighted by Gasteiger charge is -2.27. The summed E-state index contributed by atoms with van der Waals surface area (Å²) in [4.78, 5) is 15.1. The molecule has 0 unspecified atom stereocenters. The molecule has 8 heteroatoms. The van der Waals surface area contributed by atoms with Crippen molar-refractivity contribution in [3.63, 3.8) is 0 Å². The SMILES string of the molecule is CC1(Nc2nc(NN)nc(N3CCOCC3)n2)CC1. The molecule has 19 heavy (non-hydrogen) atoms. The Balaban J connectivity index is 1.83. The lowest BCUT2D eigenvalue weighted by molar-refractivity contribution is 0.122. The molecule has 2 heterocycles. The molecule has 0 aromatic carbocycles. The van der Waals surface area contributed by atoms with Crippen molar-refractivity contribution in [2.45, 2.75) is 25.3 Å². The fourth-order valence-corrected chi connectivity index (χ4v) is 1.97. The van der Waals surface area contributed by atoms with Crippen LogP contribution in [0.3, 0.4) is 0 Å². The highest BCUT2D eigenvalue weighted by atomic mass is 16.5. The maximum atomic E-state index is 5.42. The van der Waals surface area contributed by atoms with Gasteiger partial charge in [0.1, 0.15) is 0 Å². The molecule has 0 atom stereocenters. The highest BCUT2D eigenvalue weighted by molar-refractivity contribution is 5.45. The fourth-order valence-electron chi connectivity index (χ4n) is 1.97. The van der Waals surface area contributed by atoms with Gasteiger partial charge in [-0.25, -0.2) is 5.84 Å². The zero-order valence-electron chi connectivity index (χ0n) is 11.0. The summed E-state index contributed by atoms with van der Waals surface area (Å²) in [5, 5.41) is 3.33. The van der Waals surface area contributed by atoms with Gasteiger partial charge in [-0.05, 0) is 19.8 Å². The number of nitrogens with two attached hydrogens (primary N) is 1. The molecular formula is C11H19N7O. The third kappa shape index (κ3) is 2.85. The molecule has 0 bridgehead atoms. The molecule has 0 spiro atoms. The summed E-state index contributed by atoms with van der Waals surface area (Å²) >= 11 is 0. The summed E-state index contributed by atoms with van der Waals surface area (Å²) < 4.78 is 5.33. The van der Waals surface area contributed by atoms with Crippen molar-refractivity contribution >= 4 is 17.8 Å². The van der Waals surface area contributed by atoms with Gasteiger partial charge < -0.3 is 15.0 Å². The van der Waals surface area contributed by atoms with Crippen LogP contribution in [0.15, 0.2) is 0 Å². The lowest BCUT2D eigenvalue weighted by atomic mass is 10.3. The van der Waals surface area contributed by atoms with Crippen molar-refractivity contribution in [3.8, 4) is 0 Å². The molecule has 2 aliphatic rings. The van der Waals surface area contributed by atoms with Crippen LogP contribution in [0.4, 0.5) is 17.8 Å². The van der Waals surface area contributed by atoms with E-state index in [1.54, 1.807) is 0 Å². The van der Waals surface area contributed by atoms with Gasteiger partial charge in [-0.15, -0.1) is 0 Å². The van der Waals surface area contributed by atoms with Crippen LogP contribution in [0.25, 0.3) is 0 Å². The van der Waals surface area contributed by atoms with E-state index in [2.05, 4.69) is 37.5 Å². The summed E-state index contributed by atoms with van der Waals surface area (Å²) in [5.41, 5.74) is 2.61. The first-order chi connectivity index (χ1) is 9.18. The van der Waals surface area contributed by atoms with Gasteiger partial charge in [0.05, 0.1) is 13.2 Å². The van der Waals surface area contributed by atoms with Gasteiger partial charge in [-0.3, -0.25) is 5.43 Å². The Morgan fingerprint density at radius 3 is 2.47 bits per heavy atom. The largest absolute Gasteiger partial charge is 0.378 e. The highest BCUT2D eigenvalue weighted by Gasteiger charge is 2.38. The smallest absolute Gasteiger partial charge is 0.243 e. The molecule has 1 aromatic heterocycles. The molecule has 1 saturated heterocycles. The number of nitrogen functional groups attached to an aromatic ring is 1. The van der Waals surface area contributed by atoms with Crippen molar-refractivity contribution in [3.05, 3.63) is 0 Å². The number of hydrazine groups is 1. The summed E-state index contributed by atoms with van der Waals surface area (Å²) in [6.07, 6.45) is 2.27. The van der Waals surface area contributed by atoms with Crippen molar-refractivity contribution in [1.29, 1.82) is 0 Å². The second kappa shape index (κ2) is 4.78. The van der Waals surface area contributed by atoms with Crippen molar-refractivity contribution in [2.75, 3.05) is 41.9 Å². The number of hydrogen-bond acceptors (Lipinski definition) is 8. The molecule has 4 N–H and O–H groups in total. The van der Waals surface area contributed by atoms with Crippen LogP contribution in [0.2, 0.25) is 0 Å². The summed E-state index contributed by atoms with van der Waals surface area (Å²) in [6, 6.07) is 0. The zero-order chi connectivity index (χ0) is 13.3.